The molecule has 2 N–H and O–H groups in total. The van der Waals surface area contributed by atoms with E-state index in [4.69, 9.17) is 0 Å². The minimum atomic E-state index is -1.13. The highest BCUT2D eigenvalue weighted by Crippen LogP contribution is 2.24. The van der Waals surface area contributed by atoms with E-state index in [9.17, 15) is 24.3 Å². The van der Waals surface area contributed by atoms with Gasteiger partial charge in [-0.3, -0.25) is 19.3 Å². The van der Waals surface area contributed by atoms with E-state index in [1.807, 2.05) is 0 Å². The van der Waals surface area contributed by atoms with Gasteiger partial charge in [0.2, 0.25) is 0 Å². The van der Waals surface area contributed by atoms with Crippen LogP contribution in [0.1, 0.15) is 52.6 Å². The van der Waals surface area contributed by atoms with Crippen LogP contribution in [-0.4, -0.2) is 33.7 Å². The molecule has 3 amide bonds. The normalized spacial score (nSPS) is 12.6. The number of nitrogens with zero attached hydrogens (tertiary/aromatic N) is 1. The molecule has 7 nitrogen and oxygen atoms in total. The standard InChI is InChI=1S/C24H18N2O5/c1-14-6-11-20(19(12-14)24(30)31)25-21(27)16-9-7-15(8-10-16)13-26-22(28)17-4-2-3-5-18(17)23(26)29/h2-12H,13H2,1H3,(H,25,27)(H,30,31). The van der Waals surface area contributed by atoms with E-state index in [1.165, 1.54) is 11.0 Å². The zero-order chi connectivity index (χ0) is 22.1. The van der Waals surface area contributed by atoms with Gasteiger partial charge >= 0.3 is 5.97 Å². The Hall–Kier alpha value is -4.26. The van der Waals surface area contributed by atoms with Crippen LogP contribution in [0.3, 0.4) is 0 Å². The number of carboxylic acids is 1. The van der Waals surface area contributed by atoms with Gasteiger partial charge < -0.3 is 10.4 Å². The van der Waals surface area contributed by atoms with E-state index >= 15 is 0 Å². The summed E-state index contributed by atoms with van der Waals surface area (Å²) >= 11 is 0. The second-order valence-electron chi connectivity index (χ2n) is 7.25. The molecule has 3 aromatic rings. The van der Waals surface area contributed by atoms with Gasteiger partial charge in [0.25, 0.3) is 17.7 Å². The molecule has 154 valence electrons. The van der Waals surface area contributed by atoms with Crippen molar-refractivity contribution in [3.8, 4) is 0 Å². The lowest BCUT2D eigenvalue weighted by atomic mass is 10.1. The monoisotopic (exact) mass is 414 g/mol. The second kappa shape index (κ2) is 7.87. The maximum Gasteiger partial charge on any atom is 0.337 e. The van der Waals surface area contributed by atoms with E-state index in [-0.39, 0.29) is 29.6 Å². The molecule has 0 spiro atoms. The number of hydrogen-bond donors (Lipinski definition) is 2. The van der Waals surface area contributed by atoms with Crippen LogP contribution in [-0.2, 0) is 6.54 Å². The number of benzene rings is 3. The van der Waals surface area contributed by atoms with Crippen molar-refractivity contribution in [2.45, 2.75) is 13.5 Å². The summed E-state index contributed by atoms with van der Waals surface area (Å²) in [5.41, 5.74) is 2.77. The topological polar surface area (TPSA) is 104 Å². The van der Waals surface area contributed by atoms with Crippen molar-refractivity contribution in [1.29, 1.82) is 0 Å². The third kappa shape index (κ3) is 3.81. The fourth-order valence-electron chi connectivity index (χ4n) is 3.47. The van der Waals surface area contributed by atoms with Gasteiger partial charge in [-0.15, -0.1) is 0 Å². The first kappa shape index (κ1) is 20.0. The smallest absolute Gasteiger partial charge is 0.337 e. The average molecular weight is 414 g/mol. The number of imide groups is 1. The molecular weight excluding hydrogens is 396 g/mol. The van der Waals surface area contributed by atoms with Crippen LogP contribution < -0.4 is 5.32 Å². The largest absolute Gasteiger partial charge is 0.478 e. The summed E-state index contributed by atoms with van der Waals surface area (Å²) in [4.78, 5) is 50.1. The zero-order valence-corrected chi connectivity index (χ0v) is 16.6. The number of hydrogen-bond acceptors (Lipinski definition) is 4. The third-order valence-corrected chi connectivity index (χ3v) is 5.09. The SMILES string of the molecule is Cc1ccc(NC(=O)c2ccc(CN3C(=O)c4ccccc4C3=O)cc2)c(C(=O)O)c1. The number of carboxylic acid groups (broad SMARTS) is 1. The van der Waals surface area contributed by atoms with Crippen molar-refractivity contribution in [3.05, 3.63) is 100 Å². The number of aromatic carboxylic acids is 1. The molecule has 0 unspecified atom stereocenters. The minimum absolute atomic E-state index is 0.00981. The Labute approximate surface area is 177 Å². The summed E-state index contributed by atoms with van der Waals surface area (Å²) < 4.78 is 0. The molecule has 1 aliphatic rings. The predicted octanol–water partition coefficient (Wildman–Crippen LogP) is 3.74. The Morgan fingerprint density at radius 1 is 0.903 bits per heavy atom. The molecule has 0 saturated heterocycles. The molecule has 0 saturated carbocycles. The molecule has 7 heteroatoms. The van der Waals surface area contributed by atoms with Crippen LogP contribution in [0.2, 0.25) is 0 Å². The van der Waals surface area contributed by atoms with Gasteiger partial charge in [0.1, 0.15) is 0 Å². The van der Waals surface area contributed by atoms with Crippen LogP contribution in [0, 0.1) is 6.92 Å². The van der Waals surface area contributed by atoms with Gasteiger partial charge in [-0.25, -0.2) is 4.79 Å². The number of nitrogens with one attached hydrogen (secondary N) is 1. The fraction of sp³-hybridized carbons (Fsp3) is 0.0833. The summed E-state index contributed by atoms with van der Waals surface area (Å²) in [6.07, 6.45) is 0. The summed E-state index contributed by atoms with van der Waals surface area (Å²) in [6.45, 7) is 1.86. The van der Waals surface area contributed by atoms with Crippen LogP contribution in [0.5, 0.6) is 0 Å². The first-order chi connectivity index (χ1) is 14.8. The third-order valence-electron chi connectivity index (χ3n) is 5.09. The van der Waals surface area contributed by atoms with E-state index in [0.717, 1.165) is 5.56 Å². The highest BCUT2D eigenvalue weighted by Gasteiger charge is 2.34. The van der Waals surface area contributed by atoms with Gasteiger partial charge in [-0.1, -0.05) is 35.9 Å². The number of carbonyl (C=O) groups is 4. The molecule has 1 heterocycles. The zero-order valence-electron chi connectivity index (χ0n) is 16.6. The van der Waals surface area contributed by atoms with Crippen molar-refractivity contribution in [2.75, 3.05) is 5.32 Å². The Morgan fingerprint density at radius 2 is 1.52 bits per heavy atom. The van der Waals surface area contributed by atoms with E-state index in [1.54, 1.807) is 67.6 Å². The number of aryl methyl sites for hydroxylation is 1. The number of carbonyl (C=O) groups excluding carboxylic acids is 3. The summed E-state index contributed by atoms with van der Waals surface area (Å²) in [5.74, 6) is -2.28. The number of fused-ring (bicyclic) bond motifs is 1. The lowest BCUT2D eigenvalue weighted by molar-refractivity contribution is 0.0639. The maximum atomic E-state index is 12.6. The Kier molecular flexibility index (Phi) is 5.09. The lowest BCUT2D eigenvalue weighted by Gasteiger charge is -2.14. The highest BCUT2D eigenvalue weighted by molar-refractivity contribution is 6.21. The van der Waals surface area contributed by atoms with E-state index in [2.05, 4.69) is 5.32 Å². The molecule has 4 rings (SSSR count). The van der Waals surface area contributed by atoms with Gasteiger partial charge in [-0.2, -0.15) is 0 Å². The van der Waals surface area contributed by atoms with Crippen molar-refractivity contribution in [1.82, 2.24) is 4.90 Å². The van der Waals surface area contributed by atoms with Crippen molar-refractivity contribution < 1.29 is 24.3 Å². The Bertz CT molecular complexity index is 1200. The Morgan fingerprint density at radius 3 is 2.10 bits per heavy atom. The lowest BCUT2D eigenvalue weighted by Crippen LogP contribution is -2.29. The van der Waals surface area contributed by atoms with Gasteiger partial charge in [0.15, 0.2) is 0 Å². The first-order valence-electron chi connectivity index (χ1n) is 9.54. The predicted molar refractivity (Wildman–Crippen MR) is 113 cm³/mol. The minimum Gasteiger partial charge on any atom is -0.478 e. The van der Waals surface area contributed by atoms with Crippen molar-refractivity contribution >= 4 is 29.4 Å². The molecule has 0 radical (unpaired) electrons. The fourth-order valence-corrected chi connectivity index (χ4v) is 3.47. The van der Waals surface area contributed by atoms with Crippen LogP contribution in [0.15, 0.2) is 66.7 Å². The maximum absolute atomic E-state index is 12.6. The summed E-state index contributed by atoms with van der Waals surface area (Å²) in [6, 6.07) is 17.9. The molecule has 0 aliphatic carbocycles. The van der Waals surface area contributed by atoms with E-state index < -0.39 is 11.9 Å². The van der Waals surface area contributed by atoms with Crippen LogP contribution in [0.4, 0.5) is 5.69 Å². The molecule has 0 bridgehead atoms. The van der Waals surface area contributed by atoms with Crippen molar-refractivity contribution in [2.24, 2.45) is 0 Å². The van der Waals surface area contributed by atoms with Gasteiger partial charge in [-0.05, 0) is 48.9 Å². The molecular formula is C24H18N2O5. The van der Waals surface area contributed by atoms with E-state index in [0.29, 0.717) is 22.3 Å². The quantitative estimate of drug-likeness (QED) is 0.619. The van der Waals surface area contributed by atoms with Crippen LogP contribution >= 0.6 is 0 Å². The Balaban J connectivity index is 1.48. The molecule has 0 atom stereocenters. The van der Waals surface area contributed by atoms with Gasteiger partial charge in [0, 0.05) is 5.56 Å². The average Bonchev–Trinajstić information content (AvgIpc) is 3.00. The molecule has 0 fully saturated rings. The number of anilines is 1. The summed E-state index contributed by atoms with van der Waals surface area (Å²) in [7, 11) is 0. The molecule has 0 aromatic heterocycles. The van der Waals surface area contributed by atoms with Gasteiger partial charge in [0.05, 0.1) is 28.9 Å². The van der Waals surface area contributed by atoms with Crippen LogP contribution in [0.25, 0.3) is 0 Å². The molecule has 1 aliphatic heterocycles. The first-order valence-corrected chi connectivity index (χ1v) is 9.54. The molecule has 3 aromatic carbocycles. The highest BCUT2D eigenvalue weighted by atomic mass is 16.4. The number of rotatable bonds is 5. The number of amides is 3. The van der Waals surface area contributed by atoms with Crippen molar-refractivity contribution in [3.63, 3.8) is 0 Å². The second-order valence-corrected chi connectivity index (χ2v) is 7.25. The molecule has 31 heavy (non-hydrogen) atoms. The summed E-state index contributed by atoms with van der Waals surface area (Å²) in [5, 5.41) is 12.0.